The molecule has 3 fully saturated rings. The maximum absolute atomic E-state index is 15.2. The molecule has 0 bridgehead atoms. The van der Waals surface area contributed by atoms with Crippen LogP contribution >= 0.6 is 0 Å². The van der Waals surface area contributed by atoms with E-state index in [1.54, 1.807) is 35.8 Å². The van der Waals surface area contributed by atoms with Crippen LogP contribution in [0.4, 0.5) is 15.0 Å². The number of nitrogens with two attached hydrogens (primary N) is 2. The van der Waals surface area contributed by atoms with E-state index in [9.17, 15) is 14.4 Å². The first kappa shape index (κ1) is 29.2. The Bertz CT molecular complexity index is 1340. The largest absolute Gasteiger partial charge is 0.354 e. The molecule has 3 atom stereocenters. The van der Waals surface area contributed by atoms with Crippen LogP contribution in [0.3, 0.4) is 0 Å². The van der Waals surface area contributed by atoms with E-state index in [1.807, 2.05) is 0 Å². The normalized spacial score (nSPS) is 23.3. The van der Waals surface area contributed by atoms with Crippen molar-refractivity contribution < 1.29 is 14.0 Å². The fourth-order valence-corrected chi connectivity index (χ4v) is 6.34. The second kappa shape index (κ2) is 11.5. The Hall–Kier alpha value is -3.35. The Kier molecular flexibility index (Phi) is 8.18. The molecule has 0 radical (unpaired) electrons. The number of rotatable bonds is 8. The summed E-state index contributed by atoms with van der Waals surface area (Å²) < 4.78 is 16.4. The molecular weight excluding hydrogens is 527 g/mol. The van der Waals surface area contributed by atoms with Gasteiger partial charge in [0.1, 0.15) is 11.6 Å². The predicted molar refractivity (Wildman–Crippen MR) is 154 cm³/mol. The van der Waals surface area contributed by atoms with Gasteiger partial charge in [0.2, 0.25) is 5.91 Å². The summed E-state index contributed by atoms with van der Waals surface area (Å²) in [6.07, 6.45) is 3.02. The van der Waals surface area contributed by atoms with Crippen LogP contribution in [-0.2, 0) is 11.2 Å². The molecule has 3 unspecified atom stereocenters. The average Bonchev–Trinajstić information content (AvgIpc) is 3.41. The molecule has 2 aromatic rings. The second-order valence-electron chi connectivity index (χ2n) is 12.1. The second-order valence-corrected chi connectivity index (χ2v) is 12.1. The van der Waals surface area contributed by atoms with E-state index in [-0.39, 0.29) is 23.6 Å². The van der Waals surface area contributed by atoms with E-state index in [0.717, 1.165) is 26.1 Å². The van der Waals surface area contributed by atoms with Crippen molar-refractivity contribution in [1.82, 2.24) is 24.3 Å². The van der Waals surface area contributed by atoms with Gasteiger partial charge in [-0.15, -0.1) is 0 Å². The van der Waals surface area contributed by atoms with Gasteiger partial charge in [-0.3, -0.25) is 19.6 Å². The molecule has 222 valence electrons. The van der Waals surface area contributed by atoms with Crippen LogP contribution in [0.5, 0.6) is 0 Å². The number of piperazine rings is 1. The molecule has 0 spiro atoms. The van der Waals surface area contributed by atoms with Crippen LogP contribution in [0.15, 0.2) is 35.3 Å². The number of halogens is 1. The number of nitrogens with zero attached hydrogens (tertiary/aromatic N) is 5. The number of amides is 3. The Labute approximate surface area is 239 Å². The minimum absolute atomic E-state index is 0.0984. The van der Waals surface area contributed by atoms with Crippen molar-refractivity contribution in [1.29, 1.82) is 0 Å². The minimum Gasteiger partial charge on any atom is -0.338 e. The average molecular weight is 569 g/mol. The number of benzene rings is 1. The topological polar surface area (TPSA) is 143 Å². The molecule has 1 saturated carbocycles. The molecule has 12 heteroatoms. The summed E-state index contributed by atoms with van der Waals surface area (Å²) in [4.78, 5) is 47.5. The van der Waals surface area contributed by atoms with E-state index < -0.39 is 17.3 Å². The van der Waals surface area contributed by atoms with Crippen LogP contribution in [0.25, 0.3) is 5.69 Å². The lowest BCUT2D eigenvalue weighted by Gasteiger charge is -2.37. The lowest BCUT2D eigenvalue weighted by atomic mass is 10.0. The minimum atomic E-state index is -0.970. The van der Waals surface area contributed by atoms with Gasteiger partial charge in [0.05, 0.1) is 11.2 Å². The molecule has 11 nitrogen and oxygen atoms in total. The van der Waals surface area contributed by atoms with Gasteiger partial charge in [-0.05, 0) is 74.8 Å². The van der Waals surface area contributed by atoms with Crippen molar-refractivity contribution >= 4 is 17.8 Å². The fraction of sp³-hybridized carbons (Fsp3) is 0.586. The highest BCUT2D eigenvalue weighted by atomic mass is 19.1. The number of fused-ring (bicyclic) bond motifs is 1. The zero-order chi connectivity index (χ0) is 29.5. The Morgan fingerprint density at radius 2 is 1.78 bits per heavy atom. The summed E-state index contributed by atoms with van der Waals surface area (Å²) in [7, 11) is 0. The van der Waals surface area contributed by atoms with Crippen LogP contribution in [-0.4, -0.2) is 93.6 Å². The fourth-order valence-electron chi connectivity index (χ4n) is 6.34. The quantitative estimate of drug-likeness (QED) is 0.435. The highest BCUT2D eigenvalue weighted by molar-refractivity contribution is 5.89. The number of likely N-dealkylation sites (tertiary alicyclic amines) is 1. The lowest BCUT2D eigenvalue weighted by Crippen LogP contribution is -2.58. The van der Waals surface area contributed by atoms with E-state index in [1.165, 1.54) is 22.9 Å². The summed E-state index contributed by atoms with van der Waals surface area (Å²) in [6.45, 7) is 9.69. The van der Waals surface area contributed by atoms with Gasteiger partial charge in [-0.1, -0.05) is 13.0 Å². The van der Waals surface area contributed by atoms with Crippen molar-refractivity contribution in [2.24, 2.45) is 29.2 Å². The van der Waals surface area contributed by atoms with Crippen LogP contribution < -0.4 is 22.5 Å². The van der Waals surface area contributed by atoms with Crippen molar-refractivity contribution in [2.45, 2.75) is 45.2 Å². The summed E-state index contributed by atoms with van der Waals surface area (Å²) >= 11 is 0. The van der Waals surface area contributed by atoms with Crippen molar-refractivity contribution in [2.75, 3.05) is 51.1 Å². The molecule has 41 heavy (non-hydrogen) atoms. The van der Waals surface area contributed by atoms with Gasteiger partial charge in [0, 0.05) is 51.5 Å². The van der Waals surface area contributed by atoms with E-state index in [2.05, 4.69) is 22.1 Å². The van der Waals surface area contributed by atoms with Crippen LogP contribution in [0.1, 0.15) is 32.8 Å². The molecule has 3 heterocycles. The highest BCUT2D eigenvalue weighted by Gasteiger charge is 2.55. The molecule has 1 aromatic carbocycles. The number of anilines is 1. The highest BCUT2D eigenvalue weighted by Crippen LogP contribution is 2.51. The van der Waals surface area contributed by atoms with E-state index in [4.69, 9.17) is 11.5 Å². The van der Waals surface area contributed by atoms with Crippen LogP contribution in [0, 0.1) is 23.6 Å². The molecule has 5 rings (SSSR count). The number of urea groups is 1. The number of hydrogen-bond donors (Lipinski definition) is 3. The van der Waals surface area contributed by atoms with Gasteiger partial charge < -0.3 is 21.3 Å². The third-order valence-electron chi connectivity index (χ3n) is 8.87. The first-order valence-corrected chi connectivity index (χ1v) is 14.5. The number of carbonyl (C=O) groups excluding carboxylic acids is 2. The number of hydrogen-bond acceptors (Lipinski definition) is 7. The number of aromatic nitrogens is 2. The zero-order valence-electron chi connectivity index (χ0n) is 24.1. The first-order chi connectivity index (χ1) is 19.5. The predicted octanol–water partition coefficient (Wildman–Crippen LogP) is 1.24. The summed E-state index contributed by atoms with van der Waals surface area (Å²) in [6, 6.07) is 6.18. The van der Waals surface area contributed by atoms with Gasteiger partial charge in [-0.2, -0.15) is 4.98 Å². The van der Waals surface area contributed by atoms with Gasteiger partial charge >= 0.3 is 11.7 Å². The third-order valence-corrected chi connectivity index (χ3v) is 8.87. The maximum atomic E-state index is 15.2. The Balaban J connectivity index is 1.18. The van der Waals surface area contributed by atoms with E-state index in [0.29, 0.717) is 61.6 Å². The smallest absolute Gasteiger partial charge is 0.338 e. The molecule has 2 aliphatic heterocycles. The molecule has 1 aromatic heterocycles. The molecule has 3 aliphatic rings. The van der Waals surface area contributed by atoms with Crippen LogP contribution in [0.2, 0.25) is 0 Å². The van der Waals surface area contributed by atoms with Crippen molar-refractivity contribution in [3.8, 4) is 5.69 Å². The maximum Gasteiger partial charge on any atom is 0.354 e. The number of piperidine rings is 1. The first-order valence-electron chi connectivity index (χ1n) is 14.5. The molecule has 5 N–H and O–H groups in total. The summed E-state index contributed by atoms with van der Waals surface area (Å²) in [5, 5.41) is 2.64. The summed E-state index contributed by atoms with van der Waals surface area (Å²) in [5.74, 6) is 1.62. The van der Waals surface area contributed by atoms with E-state index >= 15 is 4.39 Å². The molecule has 3 amide bonds. The molecular formula is C29H41FN8O3. The zero-order valence-corrected chi connectivity index (χ0v) is 24.1. The monoisotopic (exact) mass is 568 g/mol. The summed E-state index contributed by atoms with van der Waals surface area (Å²) in [5.41, 5.74) is 11.1. The molecule has 2 saturated heterocycles. The van der Waals surface area contributed by atoms with Gasteiger partial charge in [-0.25, -0.2) is 14.0 Å². The molecule has 1 aliphatic carbocycles. The van der Waals surface area contributed by atoms with Crippen molar-refractivity contribution in [3.63, 3.8) is 0 Å². The third kappa shape index (κ3) is 6.14. The lowest BCUT2D eigenvalue weighted by molar-refractivity contribution is -0.137. The SMILES string of the molecule is CCC(Cc1ccc(-n2ccc(NC(=O)N3CCN(C(=O)C(C)(C)N)CC3)nc2=O)cc1F)N1CC2C(CN)C2C1. The number of nitrogens with one attached hydrogen (secondary N) is 1. The Morgan fingerprint density at radius 3 is 2.34 bits per heavy atom. The number of carbonyl (C=O) groups is 2. The standard InChI is InChI=1S/C29H41FN8O3/c1-4-19(37-16-22-21(15-31)23(22)17-37)13-18-5-6-20(14-24(18)30)38-8-7-25(34-28(38)41)33-27(40)36-11-9-35(10-12-36)26(39)29(2,3)32/h5-8,14,19,21-23H,4,9-13,15-17,31-32H2,1-3H3,(H,33,34,40,41). The van der Waals surface area contributed by atoms with Gasteiger partial charge in [0.25, 0.3) is 0 Å². The van der Waals surface area contributed by atoms with Gasteiger partial charge in [0.15, 0.2) is 0 Å². The Morgan fingerprint density at radius 1 is 1.12 bits per heavy atom. The van der Waals surface area contributed by atoms with Crippen molar-refractivity contribution in [3.05, 3.63) is 52.3 Å².